The van der Waals surface area contributed by atoms with Crippen LogP contribution in [0.4, 0.5) is 0 Å². The van der Waals surface area contributed by atoms with Gasteiger partial charge in [0.2, 0.25) is 0 Å². The third-order valence-corrected chi connectivity index (χ3v) is 2.45. The normalized spacial score (nSPS) is 15.9. The van der Waals surface area contributed by atoms with E-state index in [0.717, 1.165) is 36.2 Å². The minimum atomic E-state index is 0.345. The fourth-order valence-corrected chi connectivity index (χ4v) is 1.59. The van der Waals surface area contributed by atoms with E-state index in [9.17, 15) is 5.11 Å². The van der Waals surface area contributed by atoms with Crippen molar-refractivity contribution in [3.63, 3.8) is 0 Å². The van der Waals surface area contributed by atoms with E-state index in [1.807, 2.05) is 19.1 Å². The molecule has 0 unspecified atom stereocenters. The number of aryl methyl sites for hydroxylation is 1. The predicted octanol–water partition coefficient (Wildman–Crippen LogP) is 1.79. The number of hydrazone groups is 1. The molecule has 0 atom stereocenters. The molecule has 3 heteroatoms. The molecule has 0 fully saturated rings. The van der Waals surface area contributed by atoms with Crippen LogP contribution in [0.2, 0.25) is 0 Å². The first-order valence-electron chi connectivity index (χ1n) is 4.87. The van der Waals surface area contributed by atoms with Crippen molar-refractivity contribution in [3.8, 4) is 5.75 Å². The molecule has 2 N–H and O–H groups in total. The van der Waals surface area contributed by atoms with E-state index in [2.05, 4.69) is 10.5 Å². The summed E-state index contributed by atoms with van der Waals surface area (Å²) in [4.78, 5) is 0. The van der Waals surface area contributed by atoms with Gasteiger partial charge >= 0.3 is 0 Å². The van der Waals surface area contributed by atoms with E-state index >= 15 is 0 Å². The van der Waals surface area contributed by atoms with E-state index in [1.165, 1.54) is 0 Å². The van der Waals surface area contributed by atoms with E-state index in [0.29, 0.717) is 5.75 Å². The van der Waals surface area contributed by atoms with Gasteiger partial charge in [-0.2, -0.15) is 5.10 Å². The van der Waals surface area contributed by atoms with Crippen molar-refractivity contribution in [1.82, 2.24) is 5.43 Å². The zero-order valence-corrected chi connectivity index (χ0v) is 8.25. The Hall–Kier alpha value is -1.51. The third-order valence-electron chi connectivity index (χ3n) is 2.45. The molecule has 1 aromatic rings. The van der Waals surface area contributed by atoms with Crippen LogP contribution in [0.25, 0.3) is 0 Å². The van der Waals surface area contributed by atoms with Gasteiger partial charge in [0.25, 0.3) is 0 Å². The molecule has 0 spiro atoms. The maximum absolute atomic E-state index is 9.39. The van der Waals surface area contributed by atoms with Gasteiger partial charge in [0.1, 0.15) is 5.75 Å². The molecule has 1 aliphatic heterocycles. The first-order valence-corrected chi connectivity index (χ1v) is 4.87. The van der Waals surface area contributed by atoms with E-state index in [4.69, 9.17) is 0 Å². The second-order valence-electron chi connectivity index (χ2n) is 3.57. The van der Waals surface area contributed by atoms with Crippen molar-refractivity contribution in [3.05, 3.63) is 29.3 Å². The van der Waals surface area contributed by atoms with Gasteiger partial charge < -0.3 is 10.5 Å². The van der Waals surface area contributed by atoms with E-state index in [1.54, 1.807) is 6.07 Å². The highest BCUT2D eigenvalue weighted by atomic mass is 16.3. The number of phenolic OH excluding ortho intramolecular Hbond substituents is 1. The molecule has 0 radical (unpaired) electrons. The molecule has 1 heterocycles. The molecule has 2 rings (SSSR count). The van der Waals surface area contributed by atoms with Gasteiger partial charge in [0.05, 0.1) is 5.71 Å². The lowest BCUT2D eigenvalue weighted by Crippen LogP contribution is -2.19. The maximum atomic E-state index is 9.39. The number of nitrogens with one attached hydrogen (secondary N) is 1. The molecule has 0 aliphatic carbocycles. The van der Waals surface area contributed by atoms with Crippen molar-refractivity contribution in [2.75, 3.05) is 6.54 Å². The first-order chi connectivity index (χ1) is 6.77. The van der Waals surface area contributed by atoms with Crippen molar-refractivity contribution >= 4 is 5.71 Å². The Morgan fingerprint density at radius 1 is 1.43 bits per heavy atom. The SMILES string of the molecule is Cc1cc(C2=NNCCC2)ccc1O. The number of phenols is 1. The molecule has 0 amide bonds. The number of rotatable bonds is 1. The summed E-state index contributed by atoms with van der Waals surface area (Å²) in [6.45, 7) is 2.86. The number of aromatic hydroxyl groups is 1. The van der Waals surface area contributed by atoms with Crippen molar-refractivity contribution in [2.45, 2.75) is 19.8 Å². The van der Waals surface area contributed by atoms with Crippen LogP contribution in [0.5, 0.6) is 5.75 Å². The molecule has 74 valence electrons. The van der Waals surface area contributed by atoms with Gasteiger partial charge in [-0.05, 0) is 49.1 Å². The maximum Gasteiger partial charge on any atom is 0.118 e. The van der Waals surface area contributed by atoms with Crippen LogP contribution >= 0.6 is 0 Å². The van der Waals surface area contributed by atoms with Crippen LogP contribution in [0.3, 0.4) is 0 Å². The molecule has 0 aromatic heterocycles. The summed E-state index contributed by atoms with van der Waals surface area (Å²) in [7, 11) is 0. The molecular formula is C11H14N2O. The minimum absolute atomic E-state index is 0.345. The minimum Gasteiger partial charge on any atom is -0.508 e. The van der Waals surface area contributed by atoms with Crippen LogP contribution in [-0.4, -0.2) is 17.4 Å². The molecule has 0 saturated carbocycles. The Morgan fingerprint density at radius 3 is 2.93 bits per heavy atom. The largest absolute Gasteiger partial charge is 0.508 e. The highest BCUT2D eigenvalue weighted by Crippen LogP contribution is 2.19. The summed E-state index contributed by atoms with van der Waals surface area (Å²) in [5.41, 5.74) is 6.08. The molecular weight excluding hydrogens is 176 g/mol. The zero-order valence-electron chi connectivity index (χ0n) is 8.25. The molecule has 3 nitrogen and oxygen atoms in total. The fourth-order valence-electron chi connectivity index (χ4n) is 1.59. The zero-order chi connectivity index (χ0) is 9.97. The molecule has 0 bridgehead atoms. The van der Waals surface area contributed by atoms with Gasteiger partial charge in [-0.1, -0.05) is 0 Å². The van der Waals surface area contributed by atoms with Crippen molar-refractivity contribution < 1.29 is 5.11 Å². The molecule has 1 aromatic carbocycles. The Balaban J connectivity index is 2.32. The predicted molar refractivity (Wildman–Crippen MR) is 56.6 cm³/mol. The smallest absolute Gasteiger partial charge is 0.118 e. The molecule has 1 aliphatic rings. The summed E-state index contributed by atoms with van der Waals surface area (Å²) in [6.07, 6.45) is 2.13. The first kappa shape index (κ1) is 9.06. The Morgan fingerprint density at radius 2 is 2.29 bits per heavy atom. The number of hydrogen-bond acceptors (Lipinski definition) is 3. The second kappa shape index (κ2) is 3.70. The lowest BCUT2D eigenvalue weighted by molar-refractivity contribution is 0.471. The number of benzene rings is 1. The lowest BCUT2D eigenvalue weighted by Gasteiger charge is -2.13. The third kappa shape index (κ3) is 1.71. The highest BCUT2D eigenvalue weighted by Gasteiger charge is 2.08. The summed E-state index contributed by atoms with van der Waals surface area (Å²) < 4.78 is 0. The second-order valence-corrected chi connectivity index (χ2v) is 3.57. The van der Waals surface area contributed by atoms with Crippen LogP contribution in [0.15, 0.2) is 23.3 Å². The average Bonchev–Trinajstić information content (AvgIpc) is 2.23. The van der Waals surface area contributed by atoms with Crippen LogP contribution in [0, 0.1) is 6.92 Å². The average molecular weight is 190 g/mol. The number of nitrogens with zero attached hydrogens (tertiary/aromatic N) is 1. The standard InChI is InChI=1S/C11H14N2O/c1-8-7-9(4-5-11(8)14)10-3-2-6-12-13-10/h4-5,7,12,14H,2-3,6H2,1H3. The summed E-state index contributed by atoms with van der Waals surface area (Å²) in [5.74, 6) is 0.345. The molecule has 14 heavy (non-hydrogen) atoms. The van der Waals surface area contributed by atoms with Crippen LogP contribution in [0.1, 0.15) is 24.0 Å². The summed E-state index contributed by atoms with van der Waals surface area (Å²) >= 11 is 0. The van der Waals surface area contributed by atoms with Gasteiger partial charge in [0.15, 0.2) is 0 Å². The quantitative estimate of drug-likeness (QED) is 0.709. The van der Waals surface area contributed by atoms with Crippen LogP contribution in [-0.2, 0) is 0 Å². The topological polar surface area (TPSA) is 44.6 Å². The van der Waals surface area contributed by atoms with Gasteiger partial charge in [0, 0.05) is 6.54 Å². The Kier molecular flexibility index (Phi) is 2.39. The number of hydrogen-bond donors (Lipinski definition) is 2. The fraction of sp³-hybridized carbons (Fsp3) is 0.364. The van der Waals surface area contributed by atoms with Gasteiger partial charge in [-0.15, -0.1) is 0 Å². The van der Waals surface area contributed by atoms with E-state index < -0.39 is 0 Å². The Labute approximate surface area is 83.5 Å². The molecule has 0 saturated heterocycles. The highest BCUT2D eigenvalue weighted by molar-refractivity contribution is 6.01. The monoisotopic (exact) mass is 190 g/mol. The van der Waals surface area contributed by atoms with E-state index in [-0.39, 0.29) is 0 Å². The Bertz CT molecular complexity index is 372. The van der Waals surface area contributed by atoms with Gasteiger partial charge in [-0.25, -0.2) is 0 Å². The lowest BCUT2D eigenvalue weighted by atomic mass is 10.0. The summed E-state index contributed by atoms with van der Waals surface area (Å²) in [5, 5.41) is 13.6. The van der Waals surface area contributed by atoms with Crippen molar-refractivity contribution in [2.24, 2.45) is 5.10 Å². The van der Waals surface area contributed by atoms with Crippen molar-refractivity contribution in [1.29, 1.82) is 0 Å². The van der Waals surface area contributed by atoms with Gasteiger partial charge in [-0.3, -0.25) is 0 Å². The summed E-state index contributed by atoms with van der Waals surface area (Å²) in [6, 6.07) is 5.61. The van der Waals surface area contributed by atoms with Crippen LogP contribution < -0.4 is 5.43 Å².